The highest BCUT2D eigenvalue weighted by Crippen LogP contribution is 2.41. The fraction of sp³-hybridized carbons (Fsp3) is 0.727. The van der Waals surface area contributed by atoms with Crippen LogP contribution >= 0.6 is 0 Å². The first-order valence-corrected chi connectivity index (χ1v) is 15.0. The Labute approximate surface area is 236 Å². The molecule has 0 saturated heterocycles. The van der Waals surface area contributed by atoms with E-state index in [1.807, 2.05) is 26.8 Å². The second kappa shape index (κ2) is 12.0. The van der Waals surface area contributed by atoms with Crippen LogP contribution in [-0.2, 0) is 14.4 Å². The highest BCUT2D eigenvalue weighted by molar-refractivity contribution is 5.99. The molecule has 1 aromatic carbocycles. The number of rotatable bonds is 5. The molecule has 2 aliphatic carbocycles. The van der Waals surface area contributed by atoms with Crippen LogP contribution in [0.15, 0.2) is 18.2 Å². The average molecular weight is 540 g/mol. The molecule has 6 nitrogen and oxygen atoms in total. The third-order valence-corrected chi connectivity index (χ3v) is 9.05. The van der Waals surface area contributed by atoms with Crippen molar-refractivity contribution in [2.75, 3.05) is 16.0 Å². The van der Waals surface area contributed by atoms with Crippen molar-refractivity contribution in [1.82, 2.24) is 0 Å². The Hall–Kier alpha value is -2.37. The standard InChI is InChI=1S/C33H53N3O3/c1-31(2,3)23-14-10-21(11-15-23)28(37)34-25-18-26(20-27(19-25)36-30(39)33(7,8)9)35-29(38)22-12-16-24(17-13-22)32(4,5)6/h18-24H,10-17H2,1-9H3,(H,34,37)(H,35,38)(H,36,39)/t21-,22?,23+,24?. The van der Waals surface area contributed by atoms with Crippen LogP contribution in [0.25, 0.3) is 0 Å². The van der Waals surface area contributed by atoms with E-state index in [0.717, 1.165) is 51.4 Å². The summed E-state index contributed by atoms with van der Waals surface area (Å²) in [5.41, 5.74) is 1.71. The summed E-state index contributed by atoms with van der Waals surface area (Å²) < 4.78 is 0. The molecule has 39 heavy (non-hydrogen) atoms. The maximum absolute atomic E-state index is 13.2. The Morgan fingerprint density at radius 2 is 0.846 bits per heavy atom. The van der Waals surface area contributed by atoms with E-state index in [1.165, 1.54) is 0 Å². The highest BCUT2D eigenvalue weighted by atomic mass is 16.2. The summed E-state index contributed by atoms with van der Waals surface area (Å²) in [6.45, 7) is 19.3. The Bertz CT molecular complexity index is 959. The summed E-state index contributed by atoms with van der Waals surface area (Å²) in [6.07, 6.45) is 7.77. The second-order valence-corrected chi connectivity index (χ2v) is 15.3. The van der Waals surface area contributed by atoms with Gasteiger partial charge < -0.3 is 16.0 Å². The zero-order valence-electron chi connectivity index (χ0n) is 25.9. The molecule has 2 saturated carbocycles. The predicted molar refractivity (Wildman–Crippen MR) is 162 cm³/mol. The van der Waals surface area contributed by atoms with E-state index in [1.54, 1.807) is 12.1 Å². The van der Waals surface area contributed by atoms with Crippen LogP contribution in [0.2, 0.25) is 0 Å². The van der Waals surface area contributed by atoms with Crippen molar-refractivity contribution in [2.24, 2.45) is 39.9 Å². The van der Waals surface area contributed by atoms with Crippen LogP contribution in [0.4, 0.5) is 17.1 Å². The Kier molecular flexibility index (Phi) is 9.60. The van der Waals surface area contributed by atoms with Gasteiger partial charge in [0.25, 0.3) is 0 Å². The lowest BCUT2D eigenvalue weighted by Crippen LogP contribution is -2.32. The van der Waals surface area contributed by atoms with Crippen LogP contribution in [0.1, 0.15) is 114 Å². The maximum atomic E-state index is 13.2. The topological polar surface area (TPSA) is 87.3 Å². The Morgan fingerprint density at radius 1 is 0.538 bits per heavy atom. The van der Waals surface area contributed by atoms with Gasteiger partial charge in [-0.1, -0.05) is 62.3 Å². The number of carbonyl (C=O) groups is 3. The van der Waals surface area contributed by atoms with Gasteiger partial charge in [-0.3, -0.25) is 14.4 Å². The van der Waals surface area contributed by atoms with Gasteiger partial charge in [-0.05, 0) is 92.2 Å². The Morgan fingerprint density at radius 3 is 1.13 bits per heavy atom. The summed E-state index contributed by atoms with van der Waals surface area (Å²) >= 11 is 0. The smallest absolute Gasteiger partial charge is 0.229 e. The van der Waals surface area contributed by atoms with Gasteiger partial charge in [-0.25, -0.2) is 0 Å². The van der Waals surface area contributed by atoms with Crippen LogP contribution in [0, 0.1) is 39.9 Å². The largest absolute Gasteiger partial charge is 0.326 e. The molecule has 218 valence electrons. The zero-order chi connectivity index (χ0) is 29.2. The van der Waals surface area contributed by atoms with E-state index in [-0.39, 0.29) is 40.4 Å². The lowest BCUT2D eigenvalue weighted by atomic mass is 9.69. The molecule has 1 aromatic rings. The second-order valence-electron chi connectivity index (χ2n) is 15.3. The first-order valence-electron chi connectivity index (χ1n) is 15.0. The number of benzene rings is 1. The molecule has 3 rings (SSSR count). The summed E-state index contributed by atoms with van der Waals surface area (Å²) in [6, 6.07) is 5.38. The predicted octanol–water partition coefficient (Wildman–Crippen LogP) is 8.25. The van der Waals surface area contributed by atoms with Crippen molar-refractivity contribution >= 4 is 34.8 Å². The fourth-order valence-corrected chi connectivity index (χ4v) is 6.09. The van der Waals surface area contributed by atoms with Gasteiger partial charge in [-0.15, -0.1) is 0 Å². The van der Waals surface area contributed by atoms with E-state index in [9.17, 15) is 14.4 Å². The molecule has 6 heteroatoms. The molecular weight excluding hydrogens is 486 g/mol. The van der Waals surface area contributed by atoms with Crippen LogP contribution in [0.3, 0.4) is 0 Å². The highest BCUT2D eigenvalue weighted by Gasteiger charge is 2.34. The van der Waals surface area contributed by atoms with Gasteiger partial charge >= 0.3 is 0 Å². The van der Waals surface area contributed by atoms with Crippen molar-refractivity contribution in [3.8, 4) is 0 Å². The molecule has 0 bridgehead atoms. The van der Waals surface area contributed by atoms with Crippen LogP contribution in [-0.4, -0.2) is 17.7 Å². The third-order valence-electron chi connectivity index (χ3n) is 9.05. The van der Waals surface area contributed by atoms with Crippen molar-refractivity contribution < 1.29 is 14.4 Å². The number of anilines is 3. The monoisotopic (exact) mass is 539 g/mol. The third kappa shape index (κ3) is 8.81. The summed E-state index contributed by atoms with van der Waals surface area (Å²) in [4.78, 5) is 39.2. The molecule has 0 heterocycles. The minimum Gasteiger partial charge on any atom is -0.326 e. The molecule has 3 N–H and O–H groups in total. The van der Waals surface area contributed by atoms with Gasteiger partial charge in [-0.2, -0.15) is 0 Å². The summed E-state index contributed by atoms with van der Waals surface area (Å²) in [5.74, 6) is 1.14. The zero-order valence-corrected chi connectivity index (χ0v) is 25.9. The number of carbonyl (C=O) groups excluding carboxylic acids is 3. The number of hydrogen-bond acceptors (Lipinski definition) is 3. The SMILES string of the molecule is CC(C)(C)C(=O)Nc1cc(NC(=O)C2CCC(C(C)(C)C)CC2)cc(NC(=O)[C@H]2CC[C@@H](C(C)(C)C)CC2)c1. The van der Waals surface area contributed by atoms with Crippen LogP contribution in [0.5, 0.6) is 0 Å². The van der Waals surface area contributed by atoms with E-state index in [0.29, 0.717) is 28.9 Å². The lowest BCUT2D eigenvalue weighted by molar-refractivity contribution is -0.123. The molecule has 0 aliphatic heterocycles. The molecule has 0 radical (unpaired) electrons. The van der Waals surface area contributed by atoms with Gasteiger partial charge in [0.1, 0.15) is 0 Å². The number of amides is 3. The van der Waals surface area contributed by atoms with Crippen LogP contribution < -0.4 is 16.0 Å². The van der Waals surface area contributed by atoms with Gasteiger partial charge in [0.15, 0.2) is 0 Å². The van der Waals surface area contributed by atoms with E-state index in [2.05, 4.69) is 57.5 Å². The first-order chi connectivity index (χ1) is 17.9. The first kappa shape index (κ1) is 31.2. The summed E-state index contributed by atoms with van der Waals surface area (Å²) in [7, 11) is 0. The van der Waals surface area contributed by atoms with Crippen molar-refractivity contribution in [3.05, 3.63) is 18.2 Å². The quantitative estimate of drug-likeness (QED) is 0.352. The Balaban J connectivity index is 1.72. The lowest BCUT2D eigenvalue weighted by Gasteiger charge is -2.36. The summed E-state index contributed by atoms with van der Waals surface area (Å²) in [5, 5.41) is 9.15. The molecule has 0 atom stereocenters. The minimum absolute atomic E-state index is 0.0134. The van der Waals surface area contributed by atoms with Crippen molar-refractivity contribution in [1.29, 1.82) is 0 Å². The molecule has 0 spiro atoms. The van der Waals surface area contributed by atoms with Gasteiger partial charge in [0.2, 0.25) is 17.7 Å². The molecule has 2 fully saturated rings. The molecule has 2 aliphatic rings. The minimum atomic E-state index is -0.569. The van der Waals surface area contributed by atoms with Gasteiger partial charge in [0.05, 0.1) is 0 Å². The molecule has 0 unspecified atom stereocenters. The van der Waals surface area contributed by atoms with Crippen molar-refractivity contribution in [2.45, 2.75) is 114 Å². The fourth-order valence-electron chi connectivity index (χ4n) is 6.09. The number of hydrogen-bond donors (Lipinski definition) is 3. The van der Waals surface area contributed by atoms with E-state index in [4.69, 9.17) is 0 Å². The number of nitrogens with one attached hydrogen (secondary N) is 3. The normalized spacial score (nSPS) is 24.5. The molecule has 0 aromatic heterocycles. The van der Waals surface area contributed by atoms with Crippen molar-refractivity contribution in [3.63, 3.8) is 0 Å². The average Bonchev–Trinajstić information content (AvgIpc) is 2.82. The molecular formula is C33H53N3O3. The van der Waals surface area contributed by atoms with Gasteiger partial charge in [0, 0.05) is 34.3 Å². The van der Waals surface area contributed by atoms with E-state index < -0.39 is 5.41 Å². The molecule has 3 amide bonds. The van der Waals surface area contributed by atoms with E-state index >= 15 is 0 Å². The maximum Gasteiger partial charge on any atom is 0.229 e.